The normalized spacial score (nSPS) is 15.8. The number of hydrogen-bond acceptors (Lipinski definition) is 4. The summed E-state index contributed by atoms with van der Waals surface area (Å²) in [6, 6.07) is 0.533. The molecule has 3 rings (SSSR count). The zero-order valence-electron chi connectivity index (χ0n) is 14.4. The van der Waals surface area contributed by atoms with Crippen LogP contribution in [0.2, 0.25) is 0 Å². The van der Waals surface area contributed by atoms with Crippen LogP contribution in [0, 0.1) is 0 Å². The zero-order valence-corrected chi connectivity index (χ0v) is 15.2. The van der Waals surface area contributed by atoms with Crippen molar-refractivity contribution in [1.29, 1.82) is 0 Å². The minimum atomic E-state index is 0. The third kappa shape index (κ3) is 3.94. The van der Waals surface area contributed by atoms with E-state index in [1.807, 2.05) is 6.33 Å². The van der Waals surface area contributed by atoms with Crippen LogP contribution in [-0.2, 0) is 6.54 Å². The van der Waals surface area contributed by atoms with Crippen molar-refractivity contribution in [2.75, 3.05) is 5.32 Å². The van der Waals surface area contributed by atoms with Gasteiger partial charge in [0, 0.05) is 18.5 Å². The SMILES string of the molecule is CCCn1cnc(NC2CCCCC2)c2nc(C(C)C)nc1-2.Cl. The molecule has 0 amide bonds. The Kier molecular flexibility index (Phi) is 6.22. The summed E-state index contributed by atoms with van der Waals surface area (Å²) in [4.78, 5) is 14.2. The fourth-order valence-electron chi connectivity index (χ4n) is 3.16. The Morgan fingerprint density at radius 3 is 2.61 bits per heavy atom. The third-order valence-electron chi connectivity index (χ3n) is 4.41. The smallest absolute Gasteiger partial charge is 0.165 e. The highest BCUT2D eigenvalue weighted by Gasteiger charge is 2.23. The van der Waals surface area contributed by atoms with Gasteiger partial charge < -0.3 is 9.88 Å². The van der Waals surface area contributed by atoms with E-state index in [9.17, 15) is 0 Å². The highest BCUT2D eigenvalue weighted by Crippen LogP contribution is 2.30. The van der Waals surface area contributed by atoms with Crippen molar-refractivity contribution >= 4 is 18.2 Å². The first-order chi connectivity index (χ1) is 10.7. The lowest BCUT2D eigenvalue weighted by atomic mass is 9.95. The van der Waals surface area contributed by atoms with Crippen LogP contribution in [-0.4, -0.2) is 25.6 Å². The highest BCUT2D eigenvalue weighted by molar-refractivity contribution is 5.85. The summed E-state index contributed by atoms with van der Waals surface area (Å²) in [7, 11) is 0. The van der Waals surface area contributed by atoms with Crippen LogP contribution in [0.25, 0.3) is 11.5 Å². The van der Waals surface area contributed by atoms with Gasteiger partial charge in [0.05, 0.1) is 6.33 Å². The summed E-state index contributed by atoms with van der Waals surface area (Å²) in [5.41, 5.74) is 0.935. The summed E-state index contributed by atoms with van der Waals surface area (Å²) >= 11 is 0. The van der Waals surface area contributed by atoms with Crippen LogP contribution in [0.3, 0.4) is 0 Å². The van der Waals surface area contributed by atoms with Gasteiger partial charge in [0.2, 0.25) is 0 Å². The van der Waals surface area contributed by atoms with Crippen molar-refractivity contribution < 1.29 is 0 Å². The molecule has 0 saturated heterocycles. The largest absolute Gasteiger partial charge is 0.365 e. The van der Waals surface area contributed by atoms with Gasteiger partial charge in [-0.3, -0.25) is 0 Å². The van der Waals surface area contributed by atoms with Gasteiger partial charge in [0.15, 0.2) is 17.3 Å². The standard InChI is InChI=1S/C17H27N5.ClH/c1-4-10-22-11-18-16(19-13-8-6-5-7-9-13)14-17(22)21-15(20-14)12(2)3;/h11-13,19H,4-10H2,1-3H3;1H. The molecule has 0 radical (unpaired) electrons. The molecule has 0 aromatic carbocycles. The molecule has 0 atom stereocenters. The number of anilines is 1. The molecular weight excluding hydrogens is 310 g/mol. The second kappa shape index (κ2) is 7.95. The minimum Gasteiger partial charge on any atom is -0.365 e. The lowest BCUT2D eigenvalue weighted by molar-refractivity contribution is 0.461. The molecule has 5 nitrogen and oxygen atoms in total. The van der Waals surface area contributed by atoms with Crippen LogP contribution >= 0.6 is 12.4 Å². The number of nitrogens with zero attached hydrogens (tertiary/aromatic N) is 4. The quantitative estimate of drug-likeness (QED) is 0.874. The second-order valence-electron chi connectivity index (χ2n) is 6.67. The van der Waals surface area contributed by atoms with E-state index in [0.29, 0.717) is 12.0 Å². The molecule has 2 heterocycles. The summed E-state index contributed by atoms with van der Waals surface area (Å²) in [5, 5.41) is 3.62. The Labute approximate surface area is 145 Å². The van der Waals surface area contributed by atoms with Gasteiger partial charge >= 0.3 is 0 Å². The molecule has 0 spiro atoms. The van der Waals surface area contributed by atoms with Gasteiger partial charge in [-0.05, 0) is 19.3 Å². The van der Waals surface area contributed by atoms with E-state index in [0.717, 1.165) is 36.1 Å². The van der Waals surface area contributed by atoms with Crippen LogP contribution in [0.15, 0.2) is 6.33 Å². The molecule has 0 aromatic heterocycles. The number of rotatable bonds is 5. The monoisotopic (exact) mass is 337 g/mol. The molecule has 2 aliphatic heterocycles. The summed E-state index contributed by atoms with van der Waals surface area (Å²) in [5.74, 6) is 3.14. The van der Waals surface area contributed by atoms with Gasteiger partial charge in [0.1, 0.15) is 5.82 Å². The topological polar surface area (TPSA) is 55.6 Å². The Morgan fingerprint density at radius 2 is 1.96 bits per heavy atom. The fourth-order valence-corrected chi connectivity index (χ4v) is 3.16. The molecule has 0 aromatic rings. The maximum absolute atomic E-state index is 4.76. The van der Waals surface area contributed by atoms with Gasteiger partial charge in [-0.2, -0.15) is 0 Å². The van der Waals surface area contributed by atoms with Crippen molar-refractivity contribution in [3.63, 3.8) is 0 Å². The summed E-state index contributed by atoms with van der Waals surface area (Å²) in [6.07, 6.45) is 9.44. The maximum Gasteiger partial charge on any atom is 0.165 e. The maximum atomic E-state index is 4.76. The molecule has 1 fully saturated rings. The Hall–Kier alpha value is -1.36. The van der Waals surface area contributed by atoms with E-state index in [1.165, 1.54) is 32.1 Å². The molecule has 3 aliphatic rings. The number of aromatic nitrogens is 4. The Bertz CT molecular complexity index is 589. The first-order valence-electron chi connectivity index (χ1n) is 8.68. The lowest BCUT2D eigenvalue weighted by Gasteiger charge is -2.24. The van der Waals surface area contributed by atoms with Gasteiger partial charge in [-0.1, -0.05) is 40.0 Å². The predicted octanol–water partition coefficient (Wildman–Crippen LogP) is 4.48. The van der Waals surface area contributed by atoms with Crippen molar-refractivity contribution in [3.05, 3.63) is 12.2 Å². The molecule has 6 heteroatoms. The Balaban J connectivity index is 0.00000192. The number of halogens is 1. The number of hydrogen-bond donors (Lipinski definition) is 1. The van der Waals surface area contributed by atoms with Crippen LogP contribution in [0.1, 0.15) is 71.0 Å². The second-order valence-corrected chi connectivity index (χ2v) is 6.67. The summed E-state index contributed by atoms with van der Waals surface area (Å²) in [6.45, 7) is 7.39. The van der Waals surface area contributed by atoms with Gasteiger partial charge in [-0.15, -0.1) is 12.4 Å². The van der Waals surface area contributed by atoms with Crippen molar-refractivity contribution in [3.8, 4) is 11.5 Å². The molecule has 1 aliphatic carbocycles. The van der Waals surface area contributed by atoms with E-state index >= 15 is 0 Å². The number of fused-ring (bicyclic) bond motifs is 1. The molecule has 1 N–H and O–H groups in total. The molecule has 23 heavy (non-hydrogen) atoms. The van der Waals surface area contributed by atoms with Gasteiger partial charge in [-0.25, -0.2) is 15.0 Å². The first kappa shape index (κ1) is 18.0. The van der Waals surface area contributed by atoms with E-state index in [2.05, 4.69) is 35.6 Å². The van der Waals surface area contributed by atoms with Crippen LogP contribution in [0.5, 0.6) is 0 Å². The molecule has 0 bridgehead atoms. The average Bonchev–Trinajstić information content (AvgIpc) is 2.97. The van der Waals surface area contributed by atoms with E-state index < -0.39 is 0 Å². The third-order valence-corrected chi connectivity index (χ3v) is 4.41. The van der Waals surface area contributed by atoms with Crippen molar-refractivity contribution in [2.24, 2.45) is 0 Å². The number of aryl methyl sites for hydroxylation is 1. The molecular formula is C17H28ClN5. The fraction of sp³-hybridized carbons (Fsp3) is 0.706. The van der Waals surface area contributed by atoms with E-state index in [4.69, 9.17) is 9.97 Å². The molecule has 128 valence electrons. The number of nitrogens with one attached hydrogen (secondary N) is 1. The Morgan fingerprint density at radius 1 is 1.22 bits per heavy atom. The molecule has 0 unspecified atom stereocenters. The lowest BCUT2D eigenvalue weighted by Crippen LogP contribution is -2.24. The van der Waals surface area contributed by atoms with E-state index in [-0.39, 0.29) is 12.4 Å². The zero-order chi connectivity index (χ0) is 15.5. The van der Waals surface area contributed by atoms with Crippen molar-refractivity contribution in [1.82, 2.24) is 19.5 Å². The van der Waals surface area contributed by atoms with E-state index in [1.54, 1.807) is 0 Å². The summed E-state index contributed by atoms with van der Waals surface area (Å²) < 4.78 is 2.13. The van der Waals surface area contributed by atoms with Gasteiger partial charge in [0.25, 0.3) is 0 Å². The average molecular weight is 338 g/mol. The minimum absolute atomic E-state index is 0. The molecule has 1 saturated carbocycles. The predicted molar refractivity (Wildman–Crippen MR) is 96.6 cm³/mol. The number of imidazole rings is 1. The first-order valence-corrected chi connectivity index (χ1v) is 8.68. The van der Waals surface area contributed by atoms with Crippen molar-refractivity contribution in [2.45, 2.75) is 77.8 Å². The van der Waals surface area contributed by atoms with Crippen LogP contribution in [0.4, 0.5) is 5.82 Å². The van der Waals surface area contributed by atoms with Crippen LogP contribution < -0.4 is 5.32 Å². The highest BCUT2D eigenvalue weighted by atomic mass is 35.5.